The van der Waals surface area contributed by atoms with E-state index in [1.54, 1.807) is 29.2 Å². The summed E-state index contributed by atoms with van der Waals surface area (Å²) < 4.78 is 5.69. The molecule has 5 nitrogen and oxygen atoms in total. The van der Waals surface area contributed by atoms with E-state index in [2.05, 4.69) is 5.32 Å². The molecule has 1 aliphatic heterocycles. The predicted molar refractivity (Wildman–Crippen MR) is 143 cm³/mol. The van der Waals surface area contributed by atoms with Crippen LogP contribution in [0.5, 0.6) is 0 Å². The molecule has 3 aromatic carbocycles. The van der Waals surface area contributed by atoms with Gasteiger partial charge in [0.15, 0.2) is 0 Å². The average Bonchev–Trinajstić information content (AvgIpc) is 3.41. The van der Waals surface area contributed by atoms with E-state index in [-0.39, 0.29) is 30.9 Å². The minimum absolute atomic E-state index is 0.0146. The third kappa shape index (κ3) is 7.57. The zero-order chi connectivity index (χ0) is 25.3. The molecule has 1 fully saturated rings. The highest BCUT2D eigenvalue weighted by Crippen LogP contribution is 2.19. The molecular weight excluding hydrogens is 495 g/mol. The first-order valence-electron chi connectivity index (χ1n) is 12.2. The molecule has 3 aromatic rings. The van der Waals surface area contributed by atoms with Gasteiger partial charge in [-0.25, -0.2) is 0 Å². The van der Waals surface area contributed by atoms with E-state index in [4.69, 9.17) is 27.9 Å². The average molecular weight is 525 g/mol. The van der Waals surface area contributed by atoms with Crippen LogP contribution in [0.25, 0.3) is 0 Å². The maximum absolute atomic E-state index is 13.7. The van der Waals surface area contributed by atoms with Crippen LogP contribution in [0.15, 0.2) is 78.9 Å². The standard InChI is InChI=1S/C29H30Cl2N2O3/c30-24-12-8-22(9-13-24)18-28(34)33(20-23-10-14-25(31)15-11-23)27(17-21-5-2-1-3-6-21)29(35)32-19-26-7-4-16-36-26/h1-3,5-6,8-15,26-27H,4,7,16-20H2,(H,32,35)/t26-,27+/m0/s1. The number of carbonyl (C=O) groups excluding carboxylic acids is 2. The molecule has 0 unspecified atom stereocenters. The number of benzene rings is 3. The normalized spacial score (nSPS) is 15.9. The third-order valence-corrected chi connectivity index (χ3v) is 6.84. The summed E-state index contributed by atoms with van der Waals surface area (Å²) in [5.41, 5.74) is 2.72. The van der Waals surface area contributed by atoms with Crippen molar-refractivity contribution in [2.24, 2.45) is 0 Å². The number of amides is 2. The minimum atomic E-state index is -0.690. The van der Waals surface area contributed by atoms with Crippen molar-refractivity contribution in [3.63, 3.8) is 0 Å². The Hall–Kier alpha value is -2.86. The summed E-state index contributed by atoms with van der Waals surface area (Å²) in [7, 11) is 0. The summed E-state index contributed by atoms with van der Waals surface area (Å²) in [5.74, 6) is -0.326. The van der Waals surface area contributed by atoms with Gasteiger partial charge in [-0.05, 0) is 53.8 Å². The number of halogens is 2. The summed E-state index contributed by atoms with van der Waals surface area (Å²) in [6, 6.07) is 23.6. The molecule has 7 heteroatoms. The highest BCUT2D eigenvalue weighted by molar-refractivity contribution is 6.30. The van der Waals surface area contributed by atoms with Gasteiger partial charge in [-0.2, -0.15) is 0 Å². The highest BCUT2D eigenvalue weighted by Gasteiger charge is 2.31. The number of ether oxygens (including phenoxy) is 1. The van der Waals surface area contributed by atoms with Gasteiger partial charge in [-0.15, -0.1) is 0 Å². The lowest BCUT2D eigenvalue weighted by Crippen LogP contribution is -2.52. The molecule has 0 radical (unpaired) electrons. The van der Waals surface area contributed by atoms with Crippen molar-refractivity contribution in [3.05, 3.63) is 106 Å². The van der Waals surface area contributed by atoms with Crippen molar-refractivity contribution in [2.45, 2.75) is 44.4 Å². The van der Waals surface area contributed by atoms with Crippen LogP contribution in [0, 0.1) is 0 Å². The van der Waals surface area contributed by atoms with Gasteiger partial charge in [-0.1, -0.05) is 77.8 Å². The number of nitrogens with one attached hydrogen (secondary N) is 1. The smallest absolute Gasteiger partial charge is 0.243 e. The van der Waals surface area contributed by atoms with Crippen molar-refractivity contribution in [3.8, 4) is 0 Å². The van der Waals surface area contributed by atoms with Crippen LogP contribution >= 0.6 is 23.2 Å². The van der Waals surface area contributed by atoms with Crippen molar-refractivity contribution in [2.75, 3.05) is 13.2 Å². The number of nitrogens with zero attached hydrogens (tertiary/aromatic N) is 1. The summed E-state index contributed by atoms with van der Waals surface area (Å²) in [5, 5.41) is 4.28. The fourth-order valence-electron chi connectivity index (χ4n) is 4.36. The van der Waals surface area contributed by atoms with Crippen LogP contribution in [0.4, 0.5) is 0 Å². The Kier molecular flexibility index (Phi) is 9.40. The Morgan fingerprint density at radius 2 is 1.53 bits per heavy atom. The van der Waals surface area contributed by atoms with E-state index in [0.29, 0.717) is 23.0 Å². The molecular formula is C29H30Cl2N2O3. The van der Waals surface area contributed by atoms with Crippen LogP contribution in [0.3, 0.4) is 0 Å². The number of rotatable bonds is 10. The van der Waals surface area contributed by atoms with E-state index in [1.165, 1.54) is 0 Å². The Labute approximate surface area is 222 Å². The quantitative estimate of drug-likeness (QED) is 0.382. The van der Waals surface area contributed by atoms with Crippen molar-refractivity contribution >= 4 is 35.0 Å². The van der Waals surface area contributed by atoms with Crippen molar-refractivity contribution < 1.29 is 14.3 Å². The largest absolute Gasteiger partial charge is 0.376 e. The molecule has 1 N–H and O–H groups in total. The minimum Gasteiger partial charge on any atom is -0.376 e. The SMILES string of the molecule is O=C(NC[C@@H]1CCCO1)[C@@H](Cc1ccccc1)N(Cc1ccc(Cl)cc1)C(=O)Cc1ccc(Cl)cc1. The zero-order valence-corrected chi connectivity index (χ0v) is 21.5. The molecule has 1 aliphatic rings. The Morgan fingerprint density at radius 1 is 0.889 bits per heavy atom. The number of hydrogen-bond donors (Lipinski definition) is 1. The molecule has 1 heterocycles. The first-order valence-corrected chi connectivity index (χ1v) is 12.9. The van der Waals surface area contributed by atoms with Crippen LogP contribution in [-0.4, -0.2) is 42.0 Å². The van der Waals surface area contributed by atoms with Crippen LogP contribution < -0.4 is 5.32 Å². The van der Waals surface area contributed by atoms with E-state index in [0.717, 1.165) is 36.1 Å². The molecule has 0 aromatic heterocycles. The second kappa shape index (κ2) is 12.9. The van der Waals surface area contributed by atoms with Gasteiger partial charge in [0.1, 0.15) is 6.04 Å². The topological polar surface area (TPSA) is 58.6 Å². The highest BCUT2D eigenvalue weighted by atomic mass is 35.5. The molecule has 1 saturated heterocycles. The molecule has 0 saturated carbocycles. The zero-order valence-electron chi connectivity index (χ0n) is 20.0. The first-order chi connectivity index (χ1) is 17.5. The monoisotopic (exact) mass is 524 g/mol. The Balaban J connectivity index is 1.61. The maximum Gasteiger partial charge on any atom is 0.243 e. The van der Waals surface area contributed by atoms with Crippen molar-refractivity contribution in [1.29, 1.82) is 0 Å². The predicted octanol–water partition coefficient (Wildman–Crippen LogP) is 5.47. The lowest BCUT2D eigenvalue weighted by atomic mass is 10.0. The molecule has 36 heavy (non-hydrogen) atoms. The third-order valence-electron chi connectivity index (χ3n) is 6.33. The second-order valence-electron chi connectivity index (χ2n) is 9.04. The van der Waals surface area contributed by atoms with Crippen molar-refractivity contribution in [1.82, 2.24) is 10.2 Å². The van der Waals surface area contributed by atoms with Crippen LogP contribution in [0.1, 0.15) is 29.5 Å². The fraction of sp³-hybridized carbons (Fsp3) is 0.310. The van der Waals surface area contributed by atoms with Crippen LogP contribution in [-0.2, 0) is 33.7 Å². The molecule has 0 spiro atoms. The molecule has 0 bridgehead atoms. The molecule has 0 aliphatic carbocycles. The van der Waals surface area contributed by atoms with E-state index in [1.807, 2.05) is 54.6 Å². The van der Waals surface area contributed by atoms with Gasteiger partial charge in [0.2, 0.25) is 11.8 Å². The number of hydrogen-bond acceptors (Lipinski definition) is 3. The summed E-state index contributed by atoms with van der Waals surface area (Å²) in [4.78, 5) is 29.0. The van der Waals surface area contributed by atoms with Gasteiger partial charge >= 0.3 is 0 Å². The van der Waals surface area contributed by atoms with Gasteiger partial charge < -0.3 is 15.0 Å². The van der Waals surface area contributed by atoms with Crippen LogP contribution in [0.2, 0.25) is 10.0 Å². The fourth-order valence-corrected chi connectivity index (χ4v) is 4.61. The molecule has 2 amide bonds. The van der Waals surface area contributed by atoms with Gasteiger partial charge in [0, 0.05) is 36.2 Å². The van der Waals surface area contributed by atoms with Gasteiger partial charge in [-0.3, -0.25) is 9.59 Å². The van der Waals surface area contributed by atoms with E-state index in [9.17, 15) is 9.59 Å². The molecule has 188 valence electrons. The van der Waals surface area contributed by atoms with E-state index < -0.39 is 6.04 Å². The molecule has 4 rings (SSSR count). The number of carbonyl (C=O) groups is 2. The Bertz CT molecular complexity index is 1130. The summed E-state index contributed by atoms with van der Waals surface area (Å²) >= 11 is 12.1. The lowest BCUT2D eigenvalue weighted by Gasteiger charge is -2.32. The molecule has 2 atom stereocenters. The second-order valence-corrected chi connectivity index (χ2v) is 9.91. The van der Waals surface area contributed by atoms with Gasteiger partial charge in [0.05, 0.1) is 12.5 Å². The maximum atomic E-state index is 13.7. The van der Waals surface area contributed by atoms with Gasteiger partial charge in [0.25, 0.3) is 0 Å². The lowest BCUT2D eigenvalue weighted by molar-refractivity contribution is -0.141. The first kappa shape index (κ1) is 26.2. The summed E-state index contributed by atoms with van der Waals surface area (Å²) in [6.07, 6.45) is 2.50. The Morgan fingerprint density at radius 3 is 2.14 bits per heavy atom. The van der Waals surface area contributed by atoms with E-state index >= 15 is 0 Å². The summed E-state index contributed by atoms with van der Waals surface area (Å²) in [6.45, 7) is 1.44.